The summed E-state index contributed by atoms with van der Waals surface area (Å²) in [6.45, 7) is 27.3. The number of hydrogen-bond donors (Lipinski definition) is 0. The molecule has 0 amide bonds. The second-order valence-electron chi connectivity index (χ2n) is 6.16. The minimum atomic E-state index is -1.76. The van der Waals surface area contributed by atoms with Crippen LogP contribution in [0.3, 0.4) is 0 Å². The van der Waals surface area contributed by atoms with Crippen molar-refractivity contribution in [3.05, 3.63) is 0 Å². The highest BCUT2D eigenvalue weighted by Crippen LogP contribution is 2.60. The highest BCUT2D eigenvalue weighted by Gasteiger charge is 2.42. The van der Waals surface area contributed by atoms with Gasteiger partial charge in [-0.05, 0) is 13.5 Å². The van der Waals surface area contributed by atoms with Crippen LogP contribution in [0.1, 0.15) is 41.5 Å². The molecule has 0 fully saturated rings. The number of hydrogen-bond acceptors (Lipinski definition) is 1. The Bertz CT molecular complexity index is 317. The molecule has 0 saturated carbocycles. The van der Waals surface area contributed by atoms with Crippen LogP contribution in [0, 0.1) is 0 Å². The van der Waals surface area contributed by atoms with Gasteiger partial charge in [0.15, 0.2) is 7.51 Å². The van der Waals surface area contributed by atoms with Gasteiger partial charge in [0.05, 0.1) is 0 Å². The summed E-state index contributed by atoms with van der Waals surface area (Å²) in [5.41, 5.74) is 0. The largest absolute Gasteiger partial charge is 0.268 e. The van der Waals surface area contributed by atoms with Gasteiger partial charge in [-0.2, -0.15) is 0 Å². The van der Waals surface area contributed by atoms with Gasteiger partial charge < -0.3 is 0 Å². The van der Waals surface area contributed by atoms with Crippen molar-refractivity contribution in [3.8, 4) is 0 Å². The SMILES string of the molecule is CCN=P(N(CC)CC)(N(CC)CC)N(CC)[Si](C)(C)C. The lowest BCUT2D eigenvalue weighted by molar-refractivity contribution is 0.375. The maximum Gasteiger partial charge on any atom is 0.161 e. The Kier molecular flexibility index (Phi) is 9.61. The van der Waals surface area contributed by atoms with Gasteiger partial charge in [-0.15, -0.1) is 0 Å². The van der Waals surface area contributed by atoms with Gasteiger partial charge in [0.2, 0.25) is 0 Å². The van der Waals surface area contributed by atoms with E-state index < -0.39 is 15.7 Å². The molecule has 0 heterocycles. The molecule has 0 saturated heterocycles. The van der Waals surface area contributed by atoms with Crippen LogP contribution in [0.4, 0.5) is 0 Å². The molecule has 0 N–H and O–H groups in total. The molecule has 0 bridgehead atoms. The van der Waals surface area contributed by atoms with Gasteiger partial charge in [0.1, 0.15) is 8.24 Å². The molecule has 6 heteroatoms. The van der Waals surface area contributed by atoms with E-state index in [1.807, 2.05) is 0 Å². The molecule has 0 aromatic carbocycles. The molecule has 21 heavy (non-hydrogen) atoms. The molecule has 128 valence electrons. The first-order valence-corrected chi connectivity index (χ1v) is 13.7. The monoisotopic (exact) mass is 334 g/mol. The number of nitrogens with zero attached hydrogens (tertiary/aromatic N) is 4. The van der Waals surface area contributed by atoms with Crippen LogP contribution in [0.2, 0.25) is 19.6 Å². The Morgan fingerprint density at radius 2 is 1.10 bits per heavy atom. The fraction of sp³-hybridized carbons (Fsp3) is 1.00. The van der Waals surface area contributed by atoms with E-state index in [0.717, 1.165) is 39.3 Å². The molecule has 0 spiro atoms. The fourth-order valence-corrected chi connectivity index (χ4v) is 12.1. The third-order valence-electron chi connectivity index (χ3n) is 3.95. The molecular formula is C15H39N4PSi. The van der Waals surface area contributed by atoms with Crippen LogP contribution < -0.4 is 0 Å². The van der Waals surface area contributed by atoms with Gasteiger partial charge in [-0.3, -0.25) is 9.08 Å². The molecule has 0 aliphatic carbocycles. The minimum Gasteiger partial charge on any atom is -0.268 e. The van der Waals surface area contributed by atoms with Crippen LogP contribution in [0.15, 0.2) is 4.74 Å². The Morgan fingerprint density at radius 3 is 1.29 bits per heavy atom. The third-order valence-corrected chi connectivity index (χ3v) is 12.7. The van der Waals surface area contributed by atoms with Gasteiger partial charge in [-0.1, -0.05) is 54.3 Å². The first-order valence-electron chi connectivity index (χ1n) is 8.66. The second kappa shape index (κ2) is 9.46. The van der Waals surface area contributed by atoms with Crippen molar-refractivity contribution in [2.24, 2.45) is 4.74 Å². The molecular weight excluding hydrogens is 295 g/mol. The van der Waals surface area contributed by atoms with E-state index in [1.54, 1.807) is 0 Å². The van der Waals surface area contributed by atoms with Crippen molar-refractivity contribution in [3.63, 3.8) is 0 Å². The molecule has 0 rings (SSSR count). The second-order valence-corrected chi connectivity index (χ2v) is 14.4. The van der Waals surface area contributed by atoms with E-state index in [9.17, 15) is 0 Å². The zero-order valence-electron chi connectivity index (χ0n) is 16.0. The summed E-state index contributed by atoms with van der Waals surface area (Å²) in [6.07, 6.45) is 0. The topological polar surface area (TPSA) is 22.1 Å². The van der Waals surface area contributed by atoms with Crippen LogP contribution in [0.25, 0.3) is 0 Å². The minimum absolute atomic E-state index is 0.905. The Labute approximate surface area is 135 Å². The van der Waals surface area contributed by atoms with Crippen molar-refractivity contribution < 1.29 is 0 Å². The maximum absolute atomic E-state index is 5.30. The summed E-state index contributed by atoms with van der Waals surface area (Å²) in [6, 6.07) is 0. The summed E-state index contributed by atoms with van der Waals surface area (Å²) >= 11 is 0. The van der Waals surface area contributed by atoms with Crippen LogP contribution in [-0.2, 0) is 0 Å². The predicted molar refractivity (Wildman–Crippen MR) is 101 cm³/mol. The molecule has 0 aromatic rings. The predicted octanol–water partition coefficient (Wildman–Crippen LogP) is 4.79. The molecule has 0 unspecified atom stereocenters. The molecule has 0 radical (unpaired) electrons. The highest BCUT2D eigenvalue weighted by molar-refractivity contribution is 7.61. The van der Waals surface area contributed by atoms with Crippen LogP contribution >= 0.6 is 7.51 Å². The van der Waals surface area contributed by atoms with E-state index in [1.165, 1.54) is 0 Å². The van der Waals surface area contributed by atoms with Crippen molar-refractivity contribution >= 4 is 15.7 Å². The lowest BCUT2D eigenvalue weighted by Gasteiger charge is -2.52. The van der Waals surface area contributed by atoms with Gasteiger partial charge in [-0.25, -0.2) is 9.34 Å². The van der Waals surface area contributed by atoms with Gasteiger partial charge in [0, 0.05) is 32.7 Å². The van der Waals surface area contributed by atoms with Gasteiger partial charge in [0.25, 0.3) is 0 Å². The molecule has 0 aliphatic heterocycles. The summed E-state index contributed by atoms with van der Waals surface area (Å²) in [5, 5.41) is 0. The normalized spacial score (nSPS) is 13.5. The Morgan fingerprint density at radius 1 is 0.714 bits per heavy atom. The van der Waals surface area contributed by atoms with E-state index in [-0.39, 0.29) is 0 Å². The summed E-state index contributed by atoms with van der Waals surface area (Å²) < 4.78 is 13.4. The third kappa shape index (κ3) is 4.65. The standard InChI is InChI=1S/C15H39N4PSi/c1-10-16-20(17(11-2)12-3,18(13-4)14-5)19(15-6)21(7,8)9/h10-15H2,1-9H3. The van der Waals surface area contributed by atoms with Crippen molar-refractivity contribution in [1.29, 1.82) is 0 Å². The fourth-order valence-electron chi connectivity index (χ4n) is 3.20. The van der Waals surface area contributed by atoms with E-state index in [4.69, 9.17) is 4.74 Å². The smallest absolute Gasteiger partial charge is 0.161 e. The summed E-state index contributed by atoms with van der Waals surface area (Å²) in [4.78, 5) is 0. The molecule has 4 nitrogen and oxygen atoms in total. The Hall–Kier alpha value is 0.327. The van der Waals surface area contributed by atoms with Crippen molar-refractivity contribution in [2.45, 2.75) is 61.2 Å². The van der Waals surface area contributed by atoms with E-state index >= 15 is 0 Å². The first-order chi connectivity index (χ1) is 9.79. The van der Waals surface area contributed by atoms with E-state index in [0.29, 0.717) is 0 Å². The first kappa shape index (κ1) is 21.3. The molecule has 0 aromatic heterocycles. The molecule has 0 aliphatic rings. The Balaban J connectivity index is 6.34. The van der Waals surface area contributed by atoms with Crippen LogP contribution in [-0.4, -0.2) is 61.2 Å². The highest BCUT2D eigenvalue weighted by atomic mass is 31.2. The zero-order chi connectivity index (χ0) is 16.7. The lowest BCUT2D eigenvalue weighted by Crippen LogP contribution is -2.51. The average Bonchev–Trinajstić information content (AvgIpc) is 2.40. The summed E-state index contributed by atoms with van der Waals surface area (Å²) in [5.74, 6) is 0. The number of rotatable bonds is 10. The van der Waals surface area contributed by atoms with Crippen molar-refractivity contribution in [2.75, 3.05) is 39.3 Å². The lowest BCUT2D eigenvalue weighted by atomic mass is 10.7. The zero-order valence-corrected chi connectivity index (χ0v) is 17.9. The molecule has 0 atom stereocenters. The van der Waals surface area contributed by atoms with Gasteiger partial charge >= 0.3 is 0 Å². The van der Waals surface area contributed by atoms with Crippen LogP contribution in [0.5, 0.6) is 0 Å². The maximum atomic E-state index is 5.30. The van der Waals surface area contributed by atoms with Crippen molar-refractivity contribution in [1.82, 2.24) is 13.7 Å². The quantitative estimate of drug-likeness (QED) is 0.423. The summed E-state index contributed by atoms with van der Waals surface area (Å²) in [7, 11) is -3.21. The average molecular weight is 335 g/mol. The van der Waals surface area contributed by atoms with E-state index in [2.05, 4.69) is 74.9 Å².